The van der Waals surface area contributed by atoms with Crippen LogP contribution in [0.1, 0.15) is 12.6 Å². The number of amides is 3. The fraction of sp³-hybridized carbons (Fsp3) is 0.462. The predicted octanol–water partition coefficient (Wildman–Crippen LogP) is -2.90. The molecule has 24 heavy (non-hydrogen) atoms. The highest BCUT2D eigenvalue weighted by molar-refractivity contribution is 5.93. The molecule has 11 nitrogen and oxygen atoms in total. The van der Waals surface area contributed by atoms with Crippen molar-refractivity contribution < 1.29 is 24.3 Å². The van der Waals surface area contributed by atoms with E-state index in [4.69, 9.17) is 10.8 Å². The second-order valence-electron chi connectivity index (χ2n) is 4.95. The van der Waals surface area contributed by atoms with Crippen molar-refractivity contribution >= 4 is 23.7 Å². The standard InChI is InChI=1S/C13H20N6O5/c1-7(12(23)16-5-11(21)22)18-13(24)9(19-10(20)3-14)2-8-4-15-6-17-8/h4,6-7,9H,2-3,5,14H2,1H3,(H,15,17)(H,16,23)(H,18,24)(H,19,20)(H,21,22). The zero-order valence-electron chi connectivity index (χ0n) is 13.0. The average molecular weight is 340 g/mol. The van der Waals surface area contributed by atoms with E-state index in [1.165, 1.54) is 19.4 Å². The molecule has 1 aromatic rings. The number of nitrogens with zero attached hydrogens (tertiary/aromatic N) is 1. The Balaban J connectivity index is 2.67. The van der Waals surface area contributed by atoms with Gasteiger partial charge in [-0.2, -0.15) is 0 Å². The van der Waals surface area contributed by atoms with E-state index in [9.17, 15) is 19.2 Å². The molecule has 132 valence electrons. The maximum absolute atomic E-state index is 12.3. The SMILES string of the molecule is CC(NC(=O)C(Cc1cnc[nH]1)NC(=O)CN)C(=O)NCC(=O)O. The summed E-state index contributed by atoms with van der Waals surface area (Å²) in [7, 11) is 0. The zero-order chi connectivity index (χ0) is 18.1. The number of H-pyrrole nitrogens is 1. The van der Waals surface area contributed by atoms with Gasteiger partial charge in [0, 0.05) is 18.3 Å². The van der Waals surface area contributed by atoms with E-state index in [2.05, 4.69) is 25.9 Å². The van der Waals surface area contributed by atoms with Crippen LogP contribution in [0.2, 0.25) is 0 Å². The van der Waals surface area contributed by atoms with E-state index in [0.717, 1.165) is 0 Å². The molecular weight excluding hydrogens is 320 g/mol. The van der Waals surface area contributed by atoms with E-state index in [1.807, 2.05) is 0 Å². The lowest BCUT2D eigenvalue weighted by Crippen LogP contribution is -2.54. The lowest BCUT2D eigenvalue weighted by atomic mass is 10.1. The molecule has 0 aliphatic heterocycles. The number of rotatable bonds is 9. The van der Waals surface area contributed by atoms with Gasteiger partial charge in [-0.25, -0.2) is 4.98 Å². The Bertz CT molecular complexity index is 588. The van der Waals surface area contributed by atoms with Gasteiger partial charge in [0.1, 0.15) is 18.6 Å². The van der Waals surface area contributed by atoms with Crippen molar-refractivity contribution in [3.8, 4) is 0 Å². The Hall–Kier alpha value is -2.95. The molecule has 0 saturated carbocycles. The van der Waals surface area contributed by atoms with Gasteiger partial charge in [-0.15, -0.1) is 0 Å². The van der Waals surface area contributed by atoms with Gasteiger partial charge >= 0.3 is 5.97 Å². The fourth-order valence-electron chi connectivity index (χ4n) is 1.77. The lowest BCUT2D eigenvalue weighted by Gasteiger charge is -2.20. The second-order valence-corrected chi connectivity index (χ2v) is 4.95. The van der Waals surface area contributed by atoms with Crippen LogP contribution in [-0.4, -0.2) is 63.9 Å². The molecule has 1 aromatic heterocycles. The molecule has 3 amide bonds. The highest BCUT2D eigenvalue weighted by Gasteiger charge is 2.25. The van der Waals surface area contributed by atoms with E-state index >= 15 is 0 Å². The molecular formula is C13H20N6O5. The summed E-state index contributed by atoms with van der Waals surface area (Å²) in [4.78, 5) is 52.5. The lowest BCUT2D eigenvalue weighted by molar-refractivity contribution is -0.138. The monoisotopic (exact) mass is 340 g/mol. The normalized spacial score (nSPS) is 12.8. The summed E-state index contributed by atoms with van der Waals surface area (Å²) in [5.41, 5.74) is 5.83. The highest BCUT2D eigenvalue weighted by Crippen LogP contribution is 2.00. The highest BCUT2D eigenvalue weighted by atomic mass is 16.4. The summed E-state index contributed by atoms with van der Waals surface area (Å²) in [5, 5.41) is 15.5. The Morgan fingerprint density at radius 3 is 2.54 bits per heavy atom. The molecule has 0 spiro atoms. The van der Waals surface area contributed by atoms with E-state index in [1.54, 1.807) is 0 Å². The van der Waals surface area contributed by atoms with Crippen molar-refractivity contribution in [1.29, 1.82) is 0 Å². The molecule has 0 saturated heterocycles. The van der Waals surface area contributed by atoms with Crippen molar-refractivity contribution in [2.45, 2.75) is 25.4 Å². The molecule has 7 N–H and O–H groups in total. The Morgan fingerprint density at radius 1 is 1.29 bits per heavy atom. The minimum Gasteiger partial charge on any atom is -0.480 e. The third kappa shape index (κ3) is 6.44. The van der Waals surface area contributed by atoms with E-state index in [0.29, 0.717) is 5.69 Å². The number of hydrogen-bond donors (Lipinski definition) is 6. The third-order valence-corrected chi connectivity index (χ3v) is 2.98. The molecule has 0 aliphatic rings. The maximum Gasteiger partial charge on any atom is 0.322 e. The Kier molecular flexibility index (Phi) is 7.36. The first kappa shape index (κ1) is 19.1. The largest absolute Gasteiger partial charge is 0.480 e. The Labute approximate surface area is 137 Å². The van der Waals surface area contributed by atoms with Crippen molar-refractivity contribution in [1.82, 2.24) is 25.9 Å². The maximum atomic E-state index is 12.3. The number of carbonyl (C=O) groups excluding carboxylic acids is 3. The van der Waals surface area contributed by atoms with Gasteiger partial charge < -0.3 is 31.8 Å². The predicted molar refractivity (Wildman–Crippen MR) is 81.5 cm³/mol. The van der Waals surface area contributed by atoms with Crippen LogP contribution in [0.3, 0.4) is 0 Å². The van der Waals surface area contributed by atoms with Gasteiger partial charge in [-0.05, 0) is 6.92 Å². The smallest absolute Gasteiger partial charge is 0.322 e. The summed E-state index contributed by atoms with van der Waals surface area (Å²) >= 11 is 0. The van der Waals surface area contributed by atoms with Gasteiger partial charge in [-0.1, -0.05) is 0 Å². The molecule has 0 fully saturated rings. The van der Waals surface area contributed by atoms with Crippen molar-refractivity contribution in [2.24, 2.45) is 5.73 Å². The van der Waals surface area contributed by atoms with Gasteiger partial charge in [0.15, 0.2) is 0 Å². The second kappa shape index (κ2) is 9.25. The van der Waals surface area contributed by atoms with Crippen LogP contribution >= 0.6 is 0 Å². The zero-order valence-corrected chi connectivity index (χ0v) is 13.0. The summed E-state index contributed by atoms with van der Waals surface area (Å²) < 4.78 is 0. The first-order valence-corrected chi connectivity index (χ1v) is 7.10. The topological polar surface area (TPSA) is 179 Å². The number of aromatic amines is 1. The molecule has 0 bridgehead atoms. The molecule has 2 unspecified atom stereocenters. The number of imidazole rings is 1. The number of aromatic nitrogens is 2. The first-order valence-electron chi connectivity index (χ1n) is 7.10. The number of carboxylic acids is 1. The number of aliphatic carboxylic acids is 1. The van der Waals surface area contributed by atoms with Crippen LogP contribution in [0.25, 0.3) is 0 Å². The minimum atomic E-state index is -1.20. The van der Waals surface area contributed by atoms with Crippen molar-refractivity contribution in [2.75, 3.05) is 13.1 Å². The molecule has 2 atom stereocenters. The van der Waals surface area contributed by atoms with Crippen LogP contribution in [0.5, 0.6) is 0 Å². The summed E-state index contributed by atoms with van der Waals surface area (Å²) in [6, 6.07) is -1.94. The van der Waals surface area contributed by atoms with Crippen molar-refractivity contribution in [3.05, 3.63) is 18.2 Å². The fourth-order valence-corrected chi connectivity index (χ4v) is 1.77. The van der Waals surface area contributed by atoms with Gasteiger partial charge in [-0.3, -0.25) is 19.2 Å². The number of nitrogens with two attached hydrogens (primary N) is 1. The van der Waals surface area contributed by atoms with Gasteiger partial charge in [0.25, 0.3) is 0 Å². The molecule has 1 rings (SSSR count). The number of carbonyl (C=O) groups is 4. The summed E-state index contributed by atoms with van der Waals surface area (Å²) in [5.74, 6) is -2.99. The Morgan fingerprint density at radius 2 is 2.00 bits per heavy atom. The number of hydrogen-bond acceptors (Lipinski definition) is 6. The van der Waals surface area contributed by atoms with Crippen molar-refractivity contribution in [3.63, 3.8) is 0 Å². The first-order chi connectivity index (χ1) is 11.3. The van der Waals surface area contributed by atoms with E-state index < -0.39 is 42.3 Å². The van der Waals surface area contributed by atoms with Gasteiger partial charge in [0.05, 0.1) is 12.9 Å². The van der Waals surface area contributed by atoms with Crippen LogP contribution in [0.15, 0.2) is 12.5 Å². The van der Waals surface area contributed by atoms with Crippen LogP contribution in [0.4, 0.5) is 0 Å². The summed E-state index contributed by atoms with van der Waals surface area (Å²) in [6.45, 7) is 0.551. The molecule has 1 heterocycles. The minimum absolute atomic E-state index is 0.126. The summed E-state index contributed by atoms with van der Waals surface area (Å²) in [6.07, 6.45) is 3.05. The third-order valence-electron chi connectivity index (χ3n) is 2.98. The number of carboxylic acid groups (broad SMARTS) is 1. The molecule has 0 aromatic carbocycles. The molecule has 0 radical (unpaired) electrons. The van der Waals surface area contributed by atoms with E-state index in [-0.39, 0.29) is 13.0 Å². The van der Waals surface area contributed by atoms with Crippen LogP contribution in [-0.2, 0) is 25.6 Å². The van der Waals surface area contributed by atoms with Crippen LogP contribution in [0, 0.1) is 0 Å². The van der Waals surface area contributed by atoms with Gasteiger partial charge in [0.2, 0.25) is 17.7 Å². The average Bonchev–Trinajstić information content (AvgIpc) is 3.04. The quantitative estimate of drug-likeness (QED) is 0.279. The van der Waals surface area contributed by atoms with Crippen LogP contribution < -0.4 is 21.7 Å². The molecule has 11 heteroatoms. The molecule has 0 aliphatic carbocycles. The number of nitrogens with one attached hydrogen (secondary N) is 4.